The molecule has 1 fully saturated rings. The molecule has 0 amide bonds. The van der Waals surface area contributed by atoms with Gasteiger partial charge in [-0.05, 0) is 50.2 Å². The molecule has 3 nitrogen and oxygen atoms in total. The highest BCUT2D eigenvalue weighted by Gasteiger charge is 2.16. The summed E-state index contributed by atoms with van der Waals surface area (Å²) in [5.74, 6) is 0.0710. The zero-order valence-corrected chi connectivity index (χ0v) is 12.8. The first-order valence-electron chi connectivity index (χ1n) is 7.98. The van der Waals surface area contributed by atoms with Gasteiger partial charge in [-0.25, -0.2) is 4.39 Å². The van der Waals surface area contributed by atoms with Crippen molar-refractivity contribution in [3.63, 3.8) is 0 Å². The number of halogens is 1. The molecular formula is C17H26FNO2. The predicted octanol–water partition coefficient (Wildman–Crippen LogP) is 3.44. The smallest absolute Gasteiger partial charge is 0.165 e. The van der Waals surface area contributed by atoms with Crippen LogP contribution in [0.5, 0.6) is 5.75 Å². The zero-order chi connectivity index (χ0) is 15.1. The monoisotopic (exact) mass is 295 g/mol. The molecule has 2 atom stereocenters. The largest absolute Gasteiger partial charge is 0.490 e. The van der Waals surface area contributed by atoms with E-state index in [1.54, 1.807) is 6.07 Å². The summed E-state index contributed by atoms with van der Waals surface area (Å²) in [5.41, 5.74) is 6.83. The van der Waals surface area contributed by atoms with E-state index >= 15 is 0 Å². The molecule has 0 spiro atoms. The fourth-order valence-corrected chi connectivity index (χ4v) is 2.66. The Labute approximate surface area is 126 Å². The SMILES string of the molecule is CCC(N)Cc1cccc(F)c1OCCCC1CCCO1. The first-order chi connectivity index (χ1) is 10.2. The minimum atomic E-state index is -0.298. The van der Waals surface area contributed by atoms with Crippen LogP contribution in [0.1, 0.15) is 44.6 Å². The fourth-order valence-electron chi connectivity index (χ4n) is 2.66. The molecule has 0 radical (unpaired) electrons. The first kappa shape index (κ1) is 16.2. The van der Waals surface area contributed by atoms with Crippen LogP contribution in [0.3, 0.4) is 0 Å². The van der Waals surface area contributed by atoms with E-state index in [9.17, 15) is 4.39 Å². The Balaban J connectivity index is 1.85. The van der Waals surface area contributed by atoms with Crippen LogP contribution in [0, 0.1) is 5.82 Å². The van der Waals surface area contributed by atoms with Gasteiger partial charge in [0.05, 0.1) is 12.7 Å². The lowest BCUT2D eigenvalue weighted by atomic mass is 10.0. The number of rotatable bonds is 8. The van der Waals surface area contributed by atoms with Crippen LogP contribution in [-0.4, -0.2) is 25.4 Å². The molecule has 21 heavy (non-hydrogen) atoms. The lowest BCUT2D eigenvalue weighted by Crippen LogP contribution is -2.22. The second-order valence-electron chi connectivity index (χ2n) is 5.73. The molecule has 0 saturated carbocycles. The summed E-state index contributed by atoms with van der Waals surface area (Å²) in [5, 5.41) is 0. The van der Waals surface area contributed by atoms with Gasteiger partial charge in [0, 0.05) is 12.6 Å². The van der Waals surface area contributed by atoms with Gasteiger partial charge in [0.2, 0.25) is 0 Å². The van der Waals surface area contributed by atoms with E-state index in [0.29, 0.717) is 24.9 Å². The maximum atomic E-state index is 13.9. The molecule has 2 rings (SSSR count). The molecule has 118 valence electrons. The summed E-state index contributed by atoms with van der Waals surface area (Å²) in [6, 6.07) is 5.09. The van der Waals surface area contributed by atoms with E-state index in [1.807, 2.05) is 13.0 Å². The molecule has 1 aliphatic rings. The van der Waals surface area contributed by atoms with Crippen LogP contribution in [0.2, 0.25) is 0 Å². The maximum absolute atomic E-state index is 13.9. The number of hydrogen-bond acceptors (Lipinski definition) is 3. The molecule has 0 aliphatic carbocycles. The highest BCUT2D eigenvalue weighted by atomic mass is 19.1. The summed E-state index contributed by atoms with van der Waals surface area (Å²) in [6.07, 6.45) is 6.04. The van der Waals surface area contributed by atoms with Crippen molar-refractivity contribution in [1.29, 1.82) is 0 Å². The Hall–Kier alpha value is -1.13. The molecule has 1 aromatic rings. The molecule has 1 aromatic carbocycles. The molecule has 1 heterocycles. The normalized spacial score (nSPS) is 19.7. The Bertz CT molecular complexity index is 433. The molecular weight excluding hydrogens is 269 g/mol. The Morgan fingerprint density at radius 1 is 1.48 bits per heavy atom. The van der Waals surface area contributed by atoms with Crippen LogP contribution in [-0.2, 0) is 11.2 Å². The molecule has 0 aromatic heterocycles. The van der Waals surface area contributed by atoms with Crippen LogP contribution in [0.25, 0.3) is 0 Å². The summed E-state index contributed by atoms with van der Waals surface area (Å²) in [4.78, 5) is 0. The van der Waals surface area contributed by atoms with Gasteiger partial charge in [0.25, 0.3) is 0 Å². The van der Waals surface area contributed by atoms with Crippen molar-refractivity contribution in [1.82, 2.24) is 0 Å². The average Bonchev–Trinajstić information content (AvgIpc) is 2.99. The molecule has 2 unspecified atom stereocenters. The summed E-state index contributed by atoms with van der Waals surface area (Å²) >= 11 is 0. The molecule has 4 heteroatoms. The highest BCUT2D eigenvalue weighted by Crippen LogP contribution is 2.25. The van der Waals surface area contributed by atoms with Crippen molar-refractivity contribution in [2.45, 2.75) is 57.6 Å². The van der Waals surface area contributed by atoms with Gasteiger partial charge in [0.15, 0.2) is 11.6 Å². The standard InChI is InChI=1S/C17H26FNO2/c1-2-14(19)12-13-6-3-9-16(18)17(13)21-11-5-8-15-7-4-10-20-15/h3,6,9,14-15H,2,4-5,7-8,10-12,19H2,1H3. The fraction of sp³-hybridized carbons (Fsp3) is 0.647. The highest BCUT2D eigenvalue weighted by molar-refractivity contribution is 5.35. The van der Waals surface area contributed by atoms with Crippen molar-refractivity contribution >= 4 is 0 Å². The van der Waals surface area contributed by atoms with Gasteiger partial charge < -0.3 is 15.2 Å². The number of hydrogen-bond donors (Lipinski definition) is 1. The number of nitrogens with two attached hydrogens (primary N) is 1. The summed E-state index contributed by atoms with van der Waals surface area (Å²) in [6.45, 7) is 3.43. The van der Waals surface area contributed by atoms with Crippen LogP contribution in [0.4, 0.5) is 4.39 Å². The average molecular weight is 295 g/mol. The van der Waals surface area contributed by atoms with Crippen molar-refractivity contribution in [2.24, 2.45) is 5.73 Å². The van der Waals surface area contributed by atoms with Gasteiger partial charge in [-0.3, -0.25) is 0 Å². The topological polar surface area (TPSA) is 44.5 Å². The quantitative estimate of drug-likeness (QED) is 0.747. The Morgan fingerprint density at radius 3 is 3.05 bits per heavy atom. The second-order valence-corrected chi connectivity index (χ2v) is 5.73. The van der Waals surface area contributed by atoms with Crippen molar-refractivity contribution in [2.75, 3.05) is 13.2 Å². The Kier molecular flexibility index (Phi) is 6.46. The van der Waals surface area contributed by atoms with Gasteiger partial charge in [-0.15, -0.1) is 0 Å². The number of ether oxygens (including phenoxy) is 2. The van der Waals surface area contributed by atoms with E-state index in [4.69, 9.17) is 15.2 Å². The van der Waals surface area contributed by atoms with Crippen molar-refractivity contribution in [3.05, 3.63) is 29.6 Å². The minimum absolute atomic E-state index is 0.0426. The predicted molar refractivity (Wildman–Crippen MR) is 82.1 cm³/mol. The van der Waals surface area contributed by atoms with Crippen molar-refractivity contribution < 1.29 is 13.9 Å². The number of benzene rings is 1. The van der Waals surface area contributed by atoms with E-state index in [-0.39, 0.29) is 11.9 Å². The Morgan fingerprint density at radius 2 is 2.33 bits per heavy atom. The summed E-state index contributed by atoms with van der Waals surface area (Å²) in [7, 11) is 0. The van der Waals surface area contributed by atoms with E-state index in [2.05, 4.69) is 0 Å². The van der Waals surface area contributed by atoms with Gasteiger partial charge >= 0.3 is 0 Å². The van der Waals surface area contributed by atoms with Crippen molar-refractivity contribution in [3.8, 4) is 5.75 Å². The van der Waals surface area contributed by atoms with E-state index in [0.717, 1.165) is 44.3 Å². The van der Waals surface area contributed by atoms with Gasteiger partial charge in [-0.2, -0.15) is 0 Å². The van der Waals surface area contributed by atoms with Gasteiger partial charge in [0.1, 0.15) is 0 Å². The van der Waals surface area contributed by atoms with Crippen LogP contribution < -0.4 is 10.5 Å². The maximum Gasteiger partial charge on any atom is 0.165 e. The lowest BCUT2D eigenvalue weighted by Gasteiger charge is -2.15. The van der Waals surface area contributed by atoms with E-state index < -0.39 is 0 Å². The van der Waals surface area contributed by atoms with Crippen LogP contribution in [0.15, 0.2) is 18.2 Å². The minimum Gasteiger partial charge on any atom is -0.490 e. The van der Waals surface area contributed by atoms with Gasteiger partial charge in [-0.1, -0.05) is 19.1 Å². The molecule has 1 aliphatic heterocycles. The van der Waals surface area contributed by atoms with Crippen LogP contribution >= 0.6 is 0 Å². The lowest BCUT2D eigenvalue weighted by molar-refractivity contribution is 0.0978. The number of para-hydroxylation sites is 1. The molecule has 0 bridgehead atoms. The third-order valence-electron chi connectivity index (χ3n) is 4.00. The second kappa shape index (κ2) is 8.35. The molecule has 1 saturated heterocycles. The third kappa shape index (κ3) is 4.97. The molecule has 2 N–H and O–H groups in total. The zero-order valence-electron chi connectivity index (χ0n) is 12.8. The third-order valence-corrected chi connectivity index (χ3v) is 4.00. The first-order valence-corrected chi connectivity index (χ1v) is 7.98. The van der Waals surface area contributed by atoms with E-state index in [1.165, 1.54) is 6.07 Å². The summed E-state index contributed by atoms with van der Waals surface area (Å²) < 4.78 is 25.2.